The second kappa shape index (κ2) is 10.9. The van der Waals surface area contributed by atoms with Gasteiger partial charge in [0.1, 0.15) is 0 Å². The van der Waals surface area contributed by atoms with Gasteiger partial charge in [0, 0.05) is 9.52 Å². The molecule has 0 saturated heterocycles. The summed E-state index contributed by atoms with van der Waals surface area (Å²) in [5.74, 6) is 0.741. The third kappa shape index (κ3) is 7.03. The fourth-order valence-corrected chi connectivity index (χ4v) is 4.43. The van der Waals surface area contributed by atoms with Crippen LogP contribution < -0.4 is 37.2 Å². The second-order valence-corrected chi connectivity index (χ2v) is 9.76. The van der Waals surface area contributed by atoms with E-state index in [1.54, 1.807) is 16.7 Å². The number of halogens is 3. The fourth-order valence-electron chi connectivity index (χ4n) is 2.85. The molecule has 0 N–H and O–H groups in total. The van der Waals surface area contributed by atoms with Gasteiger partial charge in [0.15, 0.2) is 0 Å². The van der Waals surface area contributed by atoms with Crippen LogP contribution in [0, 0.1) is 12.0 Å². The summed E-state index contributed by atoms with van der Waals surface area (Å²) in [6.07, 6.45) is 9.21. The van der Waals surface area contributed by atoms with Gasteiger partial charge in [-0.1, -0.05) is 65.3 Å². The van der Waals surface area contributed by atoms with Crippen molar-refractivity contribution in [3.05, 3.63) is 22.8 Å². The maximum Gasteiger partial charge on any atom is 4.00 e. The number of hydrogen-bond donors (Lipinski definition) is 0. The topological polar surface area (TPSA) is 0 Å². The average Bonchev–Trinajstić information content (AvgIpc) is 2.53. The summed E-state index contributed by atoms with van der Waals surface area (Å²) in [5, 5.41) is 0.595. The van der Waals surface area contributed by atoms with Crippen molar-refractivity contribution in [2.24, 2.45) is 5.92 Å². The van der Waals surface area contributed by atoms with Crippen LogP contribution in [0.2, 0.25) is 11.1 Å². The zero-order chi connectivity index (χ0) is 11.8. The molecule has 1 atom stereocenters. The summed E-state index contributed by atoms with van der Waals surface area (Å²) >= 11 is 0. The van der Waals surface area contributed by atoms with Gasteiger partial charge < -0.3 is 37.2 Å². The Hall–Kier alpha value is 1.28. The molecule has 0 nitrogen and oxygen atoms in total. The summed E-state index contributed by atoms with van der Waals surface area (Å²) in [6, 6.07) is 1.39. The van der Waals surface area contributed by atoms with Crippen molar-refractivity contribution in [3.63, 3.8) is 0 Å². The van der Waals surface area contributed by atoms with Crippen LogP contribution in [0.1, 0.15) is 53.4 Å². The maximum absolute atomic E-state index is 3.75. The third-order valence-corrected chi connectivity index (χ3v) is 6.30. The third-order valence-electron chi connectivity index (χ3n) is 4.01. The molecule has 2 aliphatic carbocycles. The molecule has 0 spiro atoms. The van der Waals surface area contributed by atoms with Crippen molar-refractivity contribution >= 4 is 9.52 Å². The minimum atomic E-state index is 0. The molecule has 0 bridgehead atoms. The Bertz CT molecular complexity index is 346. The molecule has 5 heteroatoms. The van der Waals surface area contributed by atoms with Crippen molar-refractivity contribution < 1.29 is 58.9 Å². The van der Waals surface area contributed by atoms with E-state index in [1.807, 2.05) is 0 Å². The second-order valence-electron chi connectivity index (χ2n) is 6.64. The summed E-state index contributed by atoms with van der Waals surface area (Å²) < 4.78 is 0. The minimum Gasteiger partial charge on any atom is -1.00 e. The standard InChI is InChI=1S/C15H25Si.3ClH.Ti/c1-11-13(10-16-15(2,3)4)9-12-7-5-6-8-14(11)12;;;;/h11H,5-8,10,16H2,1-4H3;3*1H;/q-1;;;;+4/p-3. The first-order chi connectivity index (χ1) is 7.47. The van der Waals surface area contributed by atoms with E-state index < -0.39 is 0 Å². The van der Waals surface area contributed by atoms with Gasteiger partial charge in [-0.25, -0.2) is 17.2 Å². The minimum absolute atomic E-state index is 0. The van der Waals surface area contributed by atoms with Gasteiger partial charge in [-0.2, -0.15) is 5.57 Å². The van der Waals surface area contributed by atoms with Crippen LogP contribution in [0.15, 0.2) is 16.7 Å². The van der Waals surface area contributed by atoms with Gasteiger partial charge in [-0.05, 0) is 5.04 Å². The molecule has 2 rings (SSSR count). The SMILES string of the molecule is CC1C(C[SiH2]C(C)(C)C)=[C-]C2=C1CCCC2.[Cl-].[Cl-].[Cl-].[Ti+4]. The summed E-state index contributed by atoms with van der Waals surface area (Å²) in [5.41, 5.74) is 4.98. The summed E-state index contributed by atoms with van der Waals surface area (Å²) in [7, 11) is 0.0220. The van der Waals surface area contributed by atoms with Crippen LogP contribution in [0.25, 0.3) is 0 Å². The molecule has 0 amide bonds. The molecular weight excluding hydrogens is 362 g/mol. The monoisotopic (exact) mass is 386 g/mol. The number of allylic oxidation sites excluding steroid dienone is 4. The van der Waals surface area contributed by atoms with E-state index in [-0.39, 0.29) is 68.5 Å². The normalized spacial score (nSPS) is 21.2. The molecule has 114 valence electrons. The van der Waals surface area contributed by atoms with Gasteiger partial charge in [-0.3, -0.25) is 0 Å². The Balaban J connectivity index is -0.000000722. The van der Waals surface area contributed by atoms with Crippen LogP contribution >= 0.6 is 0 Å². The van der Waals surface area contributed by atoms with E-state index in [4.69, 9.17) is 0 Å². The van der Waals surface area contributed by atoms with E-state index in [1.165, 1.54) is 31.7 Å². The van der Waals surface area contributed by atoms with Crippen LogP contribution in [-0.2, 0) is 21.7 Å². The zero-order valence-electron chi connectivity index (χ0n) is 13.0. The fraction of sp³-hybridized carbons (Fsp3) is 0.733. The molecule has 0 aromatic rings. The molecule has 0 heterocycles. The molecule has 0 aliphatic heterocycles. The zero-order valence-corrected chi connectivity index (χ0v) is 18.2. The quantitative estimate of drug-likeness (QED) is 0.329. The first-order valence-corrected chi connectivity index (χ1v) is 8.53. The van der Waals surface area contributed by atoms with Crippen LogP contribution in [0.5, 0.6) is 0 Å². The Kier molecular flexibility index (Phi) is 14.3. The van der Waals surface area contributed by atoms with Crippen molar-refractivity contribution in [3.8, 4) is 0 Å². The van der Waals surface area contributed by atoms with Crippen LogP contribution in [0.3, 0.4) is 0 Å². The smallest absolute Gasteiger partial charge is 1.00 e. The summed E-state index contributed by atoms with van der Waals surface area (Å²) in [4.78, 5) is 0. The first-order valence-electron chi connectivity index (χ1n) is 6.82. The number of hydrogen-bond acceptors (Lipinski definition) is 0. The predicted octanol–water partition coefficient (Wildman–Crippen LogP) is -4.95. The van der Waals surface area contributed by atoms with Crippen molar-refractivity contribution in [2.45, 2.75) is 64.5 Å². The molecular formula is C15H25Cl3SiTi. The molecule has 20 heavy (non-hydrogen) atoms. The van der Waals surface area contributed by atoms with E-state index in [0.29, 0.717) is 5.04 Å². The van der Waals surface area contributed by atoms with E-state index in [2.05, 4.69) is 33.8 Å². The molecule has 0 fully saturated rings. The van der Waals surface area contributed by atoms with Gasteiger partial charge in [0.2, 0.25) is 0 Å². The van der Waals surface area contributed by atoms with E-state index >= 15 is 0 Å². The van der Waals surface area contributed by atoms with Gasteiger partial charge in [0.05, 0.1) is 0 Å². The number of rotatable bonds is 2. The molecule has 2 aliphatic rings. The molecule has 0 radical (unpaired) electrons. The first kappa shape index (κ1) is 26.2. The Labute approximate surface area is 160 Å². The van der Waals surface area contributed by atoms with E-state index in [0.717, 1.165) is 5.92 Å². The van der Waals surface area contributed by atoms with Crippen LogP contribution in [-0.4, -0.2) is 9.52 Å². The molecule has 1 unspecified atom stereocenters. The Morgan fingerprint density at radius 3 is 2.15 bits per heavy atom. The van der Waals surface area contributed by atoms with Crippen molar-refractivity contribution in [1.29, 1.82) is 0 Å². The molecule has 0 aromatic carbocycles. The van der Waals surface area contributed by atoms with Gasteiger partial charge in [-0.15, -0.1) is 0 Å². The van der Waals surface area contributed by atoms with Gasteiger partial charge in [0.25, 0.3) is 0 Å². The van der Waals surface area contributed by atoms with Crippen molar-refractivity contribution in [2.75, 3.05) is 0 Å². The molecule has 0 saturated carbocycles. The molecule has 0 aromatic heterocycles. The van der Waals surface area contributed by atoms with Crippen LogP contribution in [0.4, 0.5) is 0 Å². The Morgan fingerprint density at radius 2 is 1.65 bits per heavy atom. The average molecular weight is 388 g/mol. The van der Waals surface area contributed by atoms with Gasteiger partial charge >= 0.3 is 21.7 Å². The maximum atomic E-state index is 3.75. The predicted molar refractivity (Wildman–Crippen MR) is 74.5 cm³/mol. The summed E-state index contributed by atoms with van der Waals surface area (Å²) in [6.45, 7) is 9.60. The largest absolute Gasteiger partial charge is 4.00 e. The van der Waals surface area contributed by atoms with E-state index in [9.17, 15) is 0 Å². The Morgan fingerprint density at radius 1 is 1.10 bits per heavy atom. The van der Waals surface area contributed by atoms with Crippen molar-refractivity contribution in [1.82, 2.24) is 0 Å².